The fourth-order valence-electron chi connectivity index (χ4n) is 1.81. The molecule has 9 nitrogen and oxygen atoms in total. The molecule has 4 N–H and O–H groups in total. The quantitative estimate of drug-likeness (QED) is 0.325. The molecule has 0 amide bonds. The smallest absolute Gasteiger partial charge is 0.270 e. The fourth-order valence-corrected chi connectivity index (χ4v) is 2.87. The molecule has 0 bridgehead atoms. The van der Waals surface area contributed by atoms with Crippen molar-refractivity contribution < 1.29 is 13.5 Å². The van der Waals surface area contributed by atoms with E-state index in [9.17, 15) is 18.5 Å². The van der Waals surface area contributed by atoms with Crippen LogP contribution in [0.25, 0.3) is 0 Å². The average molecular weight is 349 g/mol. The van der Waals surface area contributed by atoms with Crippen molar-refractivity contribution in [2.24, 2.45) is 10.8 Å². The molecule has 0 radical (unpaired) electrons. The Labute approximate surface area is 138 Å². The Kier molecular flexibility index (Phi) is 4.99. The lowest BCUT2D eigenvalue weighted by Crippen LogP contribution is -2.23. The monoisotopic (exact) mass is 349 g/mol. The van der Waals surface area contributed by atoms with Crippen molar-refractivity contribution in [3.05, 3.63) is 64.2 Å². The molecule has 0 aromatic heterocycles. The average Bonchev–Trinajstić information content (AvgIpc) is 2.48. The lowest BCUT2D eigenvalue weighted by Gasteiger charge is -2.09. The summed E-state index contributed by atoms with van der Waals surface area (Å²) in [7, 11) is -3.69. The third-order valence-corrected chi connectivity index (χ3v) is 4.33. The molecular weight excluding hydrogens is 334 g/mol. The molecule has 2 aromatic carbocycles. The summed E-state index contributed by atoms with van der Waals surface area (Å²) in [6.07, 6.45) is 0. The predicted molar refractivity (Wildman–Crippen MR) is 90.7 cm³/mol. The van der Waals surface area contributed by atoms with Gasteiger partial charge in [0.15, 0.2) is 5.03 Å². The van der Waals surface area contributed by atoms with Crippen LogP contribution in [-0.4, -0.2) is 19.4 Å². The van der Waals surface area contributed by atoms with Crippen LogP contribution in [0.3, 0.4) is 0 Å². The van der Waals surface area contributed by atoms with Crippen LogP contribution in [0.15, 0.2) is 58.5 Å². The van der Waals surface area contributed by atoms with Gasteiger partial charge in [-0.2, -0.15) is 0 Å². The summed E-state index contributed by atoms with van der Waals surface area (Å²) < 4.78 is 27.0. The zero-order valence-electron chi connectivity index (χ0n) is 12.6. The van der Waals surface area contributed by atoms with E-state index >= 15 is 0 Å². The van der Waals surface area contributed by atoms with Gasteiger partial charge in [-0.3, -0.25) is 4.72 Å². The number of hydrazone groups is 1. The number of benzene rings is 2. The number of sulfonamides is 1. The number of rotatable bonds is 5. The maximum Gasteiger partial charge on any atom is 0.270 e. The van der Waals surface area contributed by atoms with E-state index in [1.165, 1.54) is 36.4 Å². The molecule has 10 heteroatoms. The molecular formula is C14H15N5O4S. The minimum absolute atomic E-state index is 0.151. The third-order valence-electron chi connectivity index (χ3n) is 2.93. The molecule has 0 aliphatic heterocycles. The number of nitrogens with zero attached hydrogens (tertiary/aromatic N) is 2. The number of hydrogen-bond donors (Lipinski definition) is 3. The van der Waals surface area contributed by atoms with Gasteiger partial charge in [-0.15, -0.1) is 0 Å². The van der Waals surface area contributed by atoms with Crippen LogP contribution < -0.4 is 15.8 Å². The molecule has 0 aliphatic rings. The largest absolute Gasteiger partial charge is 0.364 e. The zero-order valence-corrected chi connectivity index (χ0v) is 13.4. The van der Waals surface area contributed by atoms with E-state index in [1.807, 2.05) is 6.92 Å². The fraction of sp³-hybridized carbons (Fsp3) is 0.0714. The van der Waals surface area contributed by atoms with E-state index in [-0.39, 0.29) is 10.9 Å². The molecule has 0 spiro atoms. The SMILES string of the molecule is Cc1ccc(S(=O)(=O)Nc2ccc(NC(N)=N[N+](=O)[O-])cc2)cc1. The van der Waals surface area contributed by atoms with Crippen LogP contribution >= 0.6 is 0 Å². The summed E-state index contributed by atoms with van der Waals surface area (Å²) in [5.41, 5.74) is 7.04. The maximum absolute atomic E-state index is 12.3. The summed E-state index contributed by atoms with van der Waals surface area (Å²) in [5, 5.41) is 14.7. The predicted octanol–water partition coefficient (Wildman–Crippen LogP) is 1.71. The standard InChI is InChI=1S/C14H15N5O4S/c1-10-2-8-13(9-3-10)24(22,23)18-12-6-4-11(5-7-12)16-14(15)17-19(20)21/h2-9,18H,1H3,(H3,15,16,17). The minimum Gasteiger partial charge on any atom is -0.364 e. The molecule has 2 aromatic rings. The summed E-state index contributed by atoms with van der Waals surface area (Å²) in [6.45, 7) is 1.86. The molecule has 2 rings (SSSR count). The molecule has 0 atom stereocenters. The van der Waals surface area contributed by atoms with Gasteiger partial charge >= 0.3 is 0 Å². The van der Waals surface area contributed by atoms with Crippen LogP contribution in [-0.2, 0) is 10.0 Å². The van der Waals surface area contributed by atoms with Crippen LogP contribution in [0.5, 0.6) is 0 Å². The summed E-state index contributed by atoms with van der Waals surface area (Å²) >= 11 is 0. The second-order valence-electron chi connectivity index (χ2n) is 4.84. The minimum atomic E-state index is -3.69. The van der Waals surface area contributed by atoms with Crippen molar-refractivity contribution in [3.63, 3.8) is 0 Å². The van der Waals surface area contributed by atoms with Crippen LogP contribution in [0.2, 0.25) is 0 Å². The van der Waals surface area contributed by atoms with Crippen molar-refractivity contribution in [1.29, 1.82) is 0 Å². The summed E-state index contributed by atoms with van der Waals surface area (Å²) in [5.74, 6) is -0.381. The van der Waals surface area contributed by atoms with Gasteiger partial charge in [-0.05, 0) is 43.3 Å². The van der Waals surface area contributed by atoms with Gasteiger partial charge in [-0.25, -0.2) is 18.5 Å². The summed E-state index contributed by atoms with van der Waals surface area (Å²) in [6, 6.07) is 12.5. The second kappa shape index (κ2) is 6.96. The van der Waals surface area contributed by atoms with Gasteiger partial charge in [0.1, 0.15) is 5.10 Å². The topological polar surface area (TPSA) is 140 Å². The molecule has 0 heterocycles. The van der Waals surface area contributed by atoms with Crippen LogP contribution in [0.1, 0.15) is 5.56 Å². The van der Waals surface area contributed by atoms with E-state index < -0.39 is 15.1 Å². The van der Waals surface area contributed by atoms with Crippen molar-refractivity contribution in [2.45, 2.75) is 11.8 Å². The molecule has 0 unspecified atom stereocenters. The Morgan fingerprint density at radius 2 is 1.62 bits per heavy atom. The van der Waals surface area contributed by atoms with Crippen molar-refractivity contribution in [1.82, 2.24) is 0 Å². The molecule has 0 fully saturated rings. The number of nitrogens with one attached hydrogen (secondary N) is 2. The molecule has 0 aliphatic carbocycles. The Balaban J connectivity index is 2.11. The van der Waals surface area contributed by atoms with Crippen LogP contribution in [0, 0.1) is 17.0 Å². The van der Waals surface area contributed by atoms with E-state index in [4.69, 9.17) is 5.73 Å². The second-order valence-corrected chi connectivity index (χ2v) is 6.53. The number of nitrogens with two attached hydrogens (primary N) is 1. The van der Waals surface area contributed by atoms with E-state index in [0.717, 1.165) is 5.56 Å². The van der Waals surface area contributed by atoms with Gasteiger partial charge in [0.2, 0.25) is 0 Å². The first-order chi connectivity index (χ1) is 11.3. The highest BCUT2D eigenvalue weighted by molar-refractivity contribution is 7.92. The van der Waals surface area contributed by atoms with Crippen LogP contribution in [0.4, 0.5) is 11.4 Å². The first-order valence-corrected chi connectivity index (χ1v) is 8.19. The van der Waals surface area contributed by atoms with Crippen molar-refractivity contribution >= 4 is 27.4 Å². The lowest BCUT2D eigenvalue weighted by atomic mass is 10.2. The number of hydrogen-bond acceptors (Lipinski definition) is 4. The Morgan fingerprint density at radius 3 is 2.17 bits per heavy atom. The normalized spacial score (nSPS) is 11.8. The number of anilines is 2. The Bertz CT molecular complexity index is 861. The first-order valence-electron chi connectivity index (χ1n) is 6.71. The van der Waals surface area contributed by atoms with E-state index in [2.05, 4.69) is 15.1 Å². The maximum atomic E-state index is 12.3. The van der Waals surface area contributed by atoms with Gasteiger partial charge < -0.3 is 11.1 Å². The van der Waals surface area contributed by atoms with Crippen molar-refractivity contribution in [2.75, 3.05) is 10.0 Å². The Morgan fingerprint density at radius 1 is 1.08 bits per heavy atom. The Hall–Kier alpha value is -3.14. The van der Waals surface area contributed by atoms with Gasteiger partial charge in [0, 0.05) is 11.4 Å². The van der Waals surface area contributed by atoms with Gasteiger partial charge in [0.05, 0.1) is 4.90 Å². The van der Waals surface area contributed by atoms with Gasteiger partial charge in [0.25, 0.3) is 16.0 Å². The highest BCUT2D eigenvalue weighted by Crippen LogP contribution is 2.18. The molecule has 0 saturated carbocycles. The summed E-state index contributed by atoms with van der Waals surface area (Å²) in [4.78, 5) is 10.3. The highest BCUT2D eigenvalue weighted by atomic mass is 32.2. The molecule has 0 saturated heterocycles. The van der Waals surface area contributed by atoms with Gasteiger partial charge in [-0.1, -0.05) is 17.7 Å². The lowest BCUT2D eigenvalue weighted by molar-refractivity contribution is -0.485. The molecule has 126 valence electrons. The van der Waals surface area contributed by atoms with Crippen molar-refractivity contribution in [3.8, 4) is 0 Å². The highest BCUT2D eigenvalue weighted by Gasteiger charge is 2.13. The third kappa shape index (κ3) is 4.68. The van der Waals surface area contributed by atoms with E-state index in [0.29, 0.717) is 11.4 Å². The number of guanidine groups is 1. The number of aryl methyl sites for hydroxylation is 1. The zero-order chi connectivity index (χ0) is 17.7. The molecule has 24 heavy (non-hydrogen) atoms. The first kappa shape index (κ1) is 17.2. The van der Waals surface area contributed by atoms with E-state index in [1.54, 1.807) is 12.1 Å². The number of nitro groups is 1.